The van der Waals surface area contributed by atoms with Crippen molar-refractivity contribution in [2.45, 2.75) is 6.42 Å². The fourth-order valence-corrected chi connectivity index (χ4v) is 3.17. The average molecular weight is 516 g/mol. The molecule has 2 aromatic carbocycles. The second kappa shape index (κ2) is 10.6. The molecule has 0 fully saturated rings. The summed E-state index contributed by atoms with van der Waals surface area (Å²) in [4.78, 5) is 25.3. The highest BCUT2D eigenvalue weighted by atomic mass is 127. The van der Waals surface area contributed by atoms with E-state index < -0.39 is 5.91 Å². The van der Waals surface area contributed by atoms with Crippen LogP contribution in [0.2, 0.25) is 0 Å². The lowest BCUT2D eigenvalue weighted by Crippen LogP contribution is -2.35. The van der Waals surface area contributed by atoms with E-state index in [9.17, 15) is 9.59 Å². The minimum Gasteiger partial charge on any atom is -0.497 e. The normalized spacial score (nSPS) is 11.1. The molecule has 1 aromatic heterocycles. The van der Waals surface area contributed by atoms with Crippen molar-refractivity contribution in [2.75, 3.05) is 13.7 Å². The van der Waals surface area contributed by atoms with Crippen LogP contribution in [0.25, 0.3) is 6.08 Å². The van der Waals surface area contributed by atoms with Gasteiger partial charge in [-0.1, -0.05) is 30.3 Å². The number of carbonyl (C=O) groups excluding carboxylic acids is 2. The van der Waals surface area contributed by atoms with Crippen LogP contribution in [0.3, 0.4) is 0 Å². The molecule has 6 nitrogen and oxygen atoms in total. The molecule has 30 heavy (non-hydrogen) atoms. The summed E-state index contributed by atoms with van der Waals surface area (Å²) in [6, 6.07) is 19.9. The van der Waals surface area contributed by atoms with Gasteiger partial charge in [0.2, 0.25) is 0 Å². The average Bonchev–Trinajstić information content (AvgIpc) is 3.18. The predicted molar refractivity (Wildman–Crippen MR) is 123 cm³/mol. The number of ether oxygens (including phenoxy) is 1. The quantitative estimate of drug-likeness (QED) is 0.350. The van der Waals surface area contributed by atoms with E-state index >= 15 is 0 Å². The lowest BCUT2D eigenvalue weighted by molar-refractivity contribution is -0.117. The van der Waals surface area contributed by atoms with Gasteiger partial charge in [-0.15, -0.1) is 0 Å². The van der Waals surface area contributed by atoms with Gasteiger partial charge in [0.1, 0.15) is 17.2 Å². The van der Waals surface area contributed by atoms with E-state index in [1.54, 1.807) is 43.5 Å². The van der Waals surface area contributed by atoms with Crippen molar-refractivity contribution in [1.29, 1.82) is 0 Å². The first-order valence-electron chi connectivity index (χ1n) is 9.30. The zero-order valence-electron chi connectivity index (χ0n) is 16.4. The largest absolute Gasteiger partial charge is 0.497 e. The van der Waals surface area contributed by atoms with Crippen LogP contribution in [0, 0.1) is 3.77 Å². The number of hydrogen-bond donors (Lipinski definition) is 2. The molecule has 2 amide bonds. The highest BCUT2D eigenvalue weighted by Gasteiger charge is 2.15. The van der Waals surface area contributed by atoms with Gasteiger partial charge in [-0.25, -0.2) is 0 Å². The van der Waals surface area contributed by atoms with Crippen LogP contribution < -0.4 is 15.4 Å². The third-order valence-electron chi connectivity index (χ3n) is 4.24. The van der Waals surface area contributed by atoms with Crippen molar-refractivity contribution in [3.8, 4) is 5.75 Å². The molecule has 0 radical (unpaired) electrons. The van der Waals surface area contributed by atoms with E-state index in [1.807, 2.05) is 52.9 Å². The van der Waals surface area contributed by atoms with E-state index in [2.05, 4.69) is 10.6 Å². The first-order valence-corrected chi connectivity index (χ1v) is 10.4. The highest BCUT2D eigenvalue weighted by Crippen LogP contribution is 2.14. The van der Waals surface area contributed by atoms with Crippen molar-refractivity contribution in [3.05, 3.63) is 93.1 Å². The van der Waals surface area contributed by atoms with Crippen LogP contribution in [0.4, 0.5) is 0 Å². The molecule has 3 rings (SSSR count). The number of carbonyl (C=O) groups is 2. The molecule has 0 saturated heterocycles. The Bertz CT molecular complexity index is 1040. The molecular formula is C23H21IN2O4. The zero-order valence-corrected chi connectivity index (χ0v) is 18.5. The van der Waals surface area contributed by atoms with Crippen molar-refractivity contribution in [1.82, 2.24) is 10.6 Å². The second-order valence-corrected chi connectivity index (χ2v) is 7.44. The predicted octanol–water partition coefficient (Wildman–Crippen LogP) is 4.02. The summed E-state index contributed by atoms with van der Waals surface area (Å²) in [5.74, 6) is 0.479. The molecular weight excluding hydrogens is 495 g/mol. The van der Waals surface area contributed by atoms with Gasteiger partial charge < -0.3 is 19.8 Å². The number of methoxy groups -OCH3 is 1. The Labute approximate surface area is 188 Å². The van der Waals surface area contributed by atoms with Gasteiger partial charge in [-0.05, 0) is 71.0 Å². The lowest BCUT2D eigenvalue weighted by Gasteiger charge is -2.11. The lowest BCUT2D eigenvalue weighted by atomic mass is 10.1. The van der Waals surface area contributed by atoms with E-state index in [-0.39, 0.29) is 11.6 Å². The van der Waals surface area contributed by atoms with Crippen LogP contribution in [0.5, 0.6) is 5.75 Å². The number of halogens is 1. The fourth-order valence-electron chi connectivity index (χ4n) is 2.73. The molecule has 3 aromatic rings. The molecule has 2 N–H and O–H groups in total. The number of rotatable bonds is 8. The Morgan fingerprint density at radius 3 is 2.57 bits per heavy atom. The molecule has 0 unspecified atom stereocenters. The minimum atomic E-state index is -0.395. The van der Waals surface area contributed by atoms with Gasteiger partial charge in [0.15, 0.2) is 3.77 Å². The first kappa shape index (κ1) is 21.6. The first-order chi connectivity index (χ1) is 14.5. The van der Waals surface area contributed by atoms with Crippen molar-refractivity contribution >= 4 is 40.5 Å². The summed E-state index contributed by atoms with van der Waals surface area (Å²) in [7, 11) is 1.61. The Kier molecular flexibility index (Phi) is 7.67. The van der Waals surface area contributed by atoms with Gasteiger partial charge >= 0.3 is 0 Å². The number of benzene rings is 2. The molecule has 0 saturated carbocycles. The molecule has 154 valence electrons. The third kappa shape index (κ3) is 6.21. The number of furan rings is 1. The Morgan fingerprint density at radius 1 is 1.07 bits per heavy atom. The highest BCUT2D eigenvalue weighted by molar-refractivity contribution is 14.1. The molecule has 0 spiro atoms. The zero-order chi connectivity index (χ0) is 21.3. The van der Waals surface area contributed by atoms with E-state index in [4.69, 9.17) is 9.15 Å². The van der Waals surface area contributed by atoms with Crippen LogP contribution in [-0.2, 0) is 11.2 Å². The Balaban J connectivity index is 1.69. The van der Waals surface area contributed by atoms with E-state index in [0.717, 1.165) is 11.3 Å². The smallest absolute Gasteiger partial charge is 0.267 e. The monoisotopic (exact) mass is 516 g/mol. The molecule has 1 heterocycles. The van der Waals surface area contributed by atoms with Gasteiger partial charge in [0.25, 0.3) is 11.8 Å². The van der Waals surface area contributed by atoms with E-state index in [0.29, 0.717) is 28.1 Å². The summed E-state index contributed by atoms with van der Waals surface area (Å²) in [6.45, 7) is 0.403. The molecule has 0 aliphatic rings. The summed E-state index contributed by atoms with van der Waals surface area (Å²) >= 11 is 2.04. The Morgan fingerprint density at radius 2 is 1.87 bits per heavy atom. The summed E-state index contributed by atoms with van der Waals surface area (Å²) in [6.07, 6.45) is 2.14. The van der Waals surface area contributed by atoms with Gasteiger partial charge in [-0.3, -0.25) is 9.59 Å². The number of amides is 2. The summed E-state index contributed by atoms with van der Waals surface area (Å²) in [5, 5.41) is 5.53. The molecule has 0 bridgehead atoms. The number of nitrogens with one attached hydrogen (secondary N) is 2. The SMILES string of the molecule is COc1cccc(CCNC(=O)C(=Cc2ccc(I)o2)NC(=O)c2ccccc2)c1. The molecule has 7 heteroatoms. The van der Waals surface area contributed by atoms with E-state index in [1.165, 1.54) is 6.08 Å². The Hall–Kier alpha value is -3.07. The maximum Gasteiger partial charge on any atom is 0.267 e. The molecule has 0 atom stereocenters. The summed E-state index contributed by atoms with van der Waals surface area (Å²) in [5.41, 5.74) is 1.61. The molecule has 0 aliphatic carbocycles. The maximum absolute atomic E-state index is 12.8. The summed E-state index contributed by atoms with van der Waals surface area (Å²) < 4.78 is 11.4. The van der Waals surface area contributed by atoms with Crippen LogP contribution in [-0.4, -0.2) is 25.5 Å². The minimum absolute atomic E-state index is 0.111. The number of hydrogen-bond acceptors (Lipinski definition) is 4. The van der Waals surface area contributed by atoms with Crippen LogP contribution >= 0.6 is 22.6 Å². The van der Waals surface area contributed by atoms with Crippen molar-refractivity contribution < 1.29 is 18.7 Å². The topological polar surface area (TPSA) is 80.6 Å². The second-order valence-electron chi connectivity index (χ2n) is 6.38. The molecule has 0 aliphatic heterocycles. The van der Waals surface area contributed by atoms with Crippen LogP contribution in [0.1, 0.15) is 21.7 Å². The third-order valence-corrected chi connectivity index (χ3v) is 4.82. The maximum atomic E-state index is 12.8. The standard InChI is InChI=1S/C23H21IN2O4/c1-29-18-9-5-6-16(14-18)12-13-25-23(28)20(15-19-10-11-21(24)30-19)26-22(27)17-7-3-2-4-8-17/h2-11,14-15H,12-13H2,1H3,(H,25,28)(H,26,27). The van der Waals surface area contributed by atoms with Gasteiger partial charge in [0, 0.05) is 18.2 Å². The van der Waals surface area contributed by atoms with Crippen molar-refractivity contribution in [2.24, 2.45) is 0 Å². The fraction of sp³-hybridized carbons (Fsp3) is 0.130. The van der Waals surface area contributed by atoms with Crippen LogP contribution in [0.15, 0.2) is 76.8 Å². The van der Waals surface area contributed by atoms with Gasteiger partial charge in [0.05, 0.1) is 7.11 Å². The van der Waals surface area contributed by atoms with Crippen molar-refractivity contribution in [3.63, 3.8) is 0 Å². The van der Waals surface area contributed by atoms with Gasteiger partial charge in [-0.2, -0.15) is 0 Å².